The second-order valence-electron chi connectivity index (χ2n) is 1.66. The highest BCUT2D eigenvalue weighted by molar-refractivity contribution is 7.36. The minimum Gasteiger partial charge on any atom is -0.462 e. The van der Waals surface area contributed by atoms with Gasteiger partial charge >= 0.3 is 14.3 Å². The molecule has 58 valence electrons. The predicted octanol–water partition coefficient (Wildman–Crippen LogP) is 1.03. The molecule has 0 aromatic carbocycles. The fourth-order valence-corrected chi connectivity index (χ4v) is 0.984. The number of nitrogens with zero attached hydrogens (tertiary/aromatic N) is 1. The maximum Gasteiger partial charge on any atom is 0.648 e. The Morgan fingerprint density at radius 3 is 2.30 bits per heavy atom. The summed E-state index contributed by atoms with van der Waals surface area (Å²) in [7, 11) is -2.73. The van der Waals surface area contributed by atoms with Crippen molar-refractivity contribution in [2.45, 2.75) is 13.3 Å². The molecule has 10 heavy (non-hydrogen) atoms. The third-order valence-corrected chi connectivity index (χ3v) is 1.65. The van der Waals surface area contributed by atoms with E-state index in [1.54, 1.807) is 6.92 Å². The van der Waals surface area contributed by atoms with Crippen LogP contribution in [-0.2, 0) is 4.57 Å². The van der Waals surface area contributed by atoms with Crippen LogP contribution in [0.2, 0.25) is 0 Å². The normalized spacial score (nSPS) is 10.8. The lowest BCUT2D eigenvalue weighted by Crippen LogP contribution is -2.22. The SMILES string of the molecule is CCCN(C(=O)O)[P+](=O)O. The molecule has 6 heteroatoms. The Kier molecular flexibility index (Phi) is 3.91. The number of carboxylic acid groups (broad SMARTS) is 1. The van der Waals surface area contributed by atoms with E-state index in [1.807, 2.05) is 0 Å². The average Bonchev–Trinajstić information content (AvgIpc) is 1.81. The Bertz CT molecular complexity index is 134. The third-order valence-electron chi connectivity index (χ3n) is 0.863. The van der Waals surface area contributed by atoms with E-state index in [1.165, 1.54) is 0 Å². The molecule has 0 aliphatic carbocycles. The molecule has 0 radical (unpaired) electrons. The van der Waals surface area contributed by atoms with Crippen LogP contribution in [0.4, 0.5) is 4.79 Å². The Balaban J connectivity index is 3.98. The summed E-state index contributed by atoms with van der Waals surface area (Å²) in [6.45, 7) is 1.83. The summed E-state index contributed by atoms with van der Waals surface area (Å²) in [5.74, 6) is 0. The fraction of sp³-hybridized carbons (Fsp3) is 0.750. The third kappa shape index (κ3) is 2.75. The van der Waals surface area contributed by atoms with E-state index in [-0.39, 0.29) is 6.54 Å². The van der Waals surface area contributed by atoms with E-state index in [4.69, 9.17) is 10.00 Å². The van der Waals surface area contributed by atoms with Gasteiger partial charge in [0.2, 0.25) is 0 Å². The van der Waals surface area contributed by atoms with Crippen molar-refractivity contribution in [3.05, 3.63) is 0 Å². The van der Waals surface area contributed by atoms with Crippen molar-refractivity contribution in [3.63, 3.8) is 0 Å². The zero-order valence-electron chi connectivity index (χ0n) is 5.52. The number of carbonyl (C=O) groups is 1. The monoisotopic (exact) mass is 166 g/mol. The highest BCUT2D eigenvalue weighted by Crippen LogP contribution is 2.20. The van der Waals surface area contributed by atoms with E-state index in [2.05, 4.69) is 0 Å². The molecule has 0 saturated carbocycles. The summed E-state index contributed by atoms with van der Waals surface area (Å²) in [5.41, 5.74) is 0. The average molecular weight is 166 g/mol. The van der Waals surface area contributed by atoms with Gasteiger partial charge in [0.15, 0.2) is 0 Å². The molecule has 0 fully saturated rings. The number of amides is 1. The maximum absolute atomic E-state index is 10.2. The van der Waals surface area contributed by atoms with Crippen LogP contribution in [-0.4, -0.2) is 27.3 Å². The minimum atomic E-state index is -2.73. The van der Waals surface area contributed by atoms with Crippen LogP contribution in [0.3, 0.4) is 0 Å². The zero-order valence-corrected chi connectivity index (χ0v) is 6.41. The zero-order chi connectivity index (χ0) is 8.15. The Labute approximate surface area is 59.2 Å². The Morgan fingerprint density at radius 1 is 1.70 bits per heavy atom. The fourth-order valence-electron chi connectivity index (χ4n) is 0.466. The van der Waals surface area contributed by atoms with Crippen LogP contribution in [0.15, 0.2) is 0 Å². The molecule has 0 aromatic heterocycles. The van der Waals surface area contributed by atoms with E-state index in [9.17, 15) is 9.36 Å². The molecular formula is C4H9NO4P+. The van der Waals surface area contributed by atoms with E-state index < -0.39 is 14.3 Å². The van der Waals surface area contributed by atoms with Crippen LogP contribution in [0, 0.1) is 0 Å². The quantitative estimate of drug-likeness (QED) is 0.613. The lowest BCUT2D eigenvalue weighted by molar-refractivity contribution is 0.169. The van der Waals surface area contributed by atoms with Gasteiger partial charge in [-0.15, -0.1) is 4.89 Å². The first kappa shape index (κ1) is 9.33. The van der Waals surface area contributed by atoms with Gasteiger partial charge < -0.3 is 5.11 Å². The van der Waals surface area contributed by atoms with E-state index in [0.29, 0.717) is 11.1 Å². The lowest BCUT2D eigenvalue weighted by Gasteiger charge is -1.99. The van der Waals surface area contributed by atoms with Gasteiger partial charge in [-0.05, 0) is 11.0 Å². The molecule has 0 heterocycles. The van der Waals surface area contributed by atoms with Crippen LogP contribution in [0.25, 0.3) is 0 Å². The molecule has 1 atom stereocenters. The summed E-state index contributed by atoms with van der Waals surface area (Å²) in [5, 5.41) is 8.26. The lowest BCUT2D eigenvalue weighted by atomic mass is 10.5. The highest BCUT2D eigenvalue weighted by atomic mass is 31.1. The van der Waals surface area contributed by atoms with Gasteiger partial charge in [-0.2, -0.15) is 0 Å². The summed E-state index contributed by atoms with van der Waals surface area (Å²) in [6, 6.07) is 0. The number of hydrogen-bond acceptors (Lipinski definition) is 2. The first-order valence-electron chi connectivity index (χ1n) is 2.76. The van der Waals surface area contributed by atoms with Crippen molar-refractivity contribution in [1.29, 1.82) is 0 Å². The molecule has 0 bridgehead atoms. The topological polar surface area (TPSA) is 77.8 Å². The largest absolute Gasteiger partial charge is 0.648 e. The molecule has 1 amide bonds. The van der Waals surface area contributed by atoms with Gasteiger partial charge in [-0.25, -0.2) is 4.79 Å². The summed E-state index contributed by atoms with van der Waals surface area (Å²) in [6.07, 6.45) is -0.820. The summed E-state index contributed by atoms with van der Waals surface area (Å²) >= 11 is 0. The van der Waals surface area contributed by atoms with Crippen molar-refractivity contribution in [1.82, 2.24) is 4.67 Å². The molecule has 1 unspecified atom stereocenters. The smallest absolute Gasteiger partial charge is 0.462 e. The highest BCUT2D eigenvalue weighted by Gasteiger charge is 2.30. The van der Waals surface area contributed by atoms with Gasteiger partial charge in [0.05, 0.1) is 6.54 Å². The van der Waals surface area contributed by atoms with Crippen molar-refractivity contribution in [2.75, 3.05) is 6.54 Å². The number of hydrogen-bond donors (Lipinski definition) is 2. The second kappa shape index (κ2) is 4.19. The maximum atomic E-state index is 10.2. The Morgan fingerprint density at radius 2 is 2.20 bits per heavy atom. The predicted molar refractivity (Wildman–Crippen MR) is 34.8 cm³/mol. The summed E-state index contributed by atoms with van der Waals surface area (Å²) in [4.78, 5) is 18.5. The molecule has 2 N–H and O–H groups in total. The van der Waals surface area contributed by atoms with E-state index >= 15 is 0 Å². The van der Waals surface area contributed by atoms with Gasteiger partial charge in [-0.1, -0.05) is 11.6 Å². The van der Waals surface area contributed by atoms with Crippen molar-refractivity contribution in [3.8, 4) is 0 Å². The molecule has 0 aromatic rings. The van der Waals surface area contributed by atoms with Crippen LogP contribution in [0.1, 0.15) is 13.3 Å². The molecule has 0 rings (SSSR count). The van der Waals surface area contributed by atoms with Gasteiger partial charge in [0.25, 0.3) is 0 Å². The van der Waals surface area contributed by atoms with E-state index in [0.717, 1.165) is 0 Å². The van der Waals surface area contributed by atoms with Gasteiger partial charge in [0.1, 0.15) is 0 Å². The van der Waals surface area contributed by atoms with Crippen LogP contribution in [0.5, 0.6) is 0 Å². The second-order valence-corrected chi connectivity index (χ2v) is 2.65. The molecule has 0 saturated heterocycles. The van der Waals surface area contributed by atoms with Crippen LogP contribution >= 0.6 is 8.18 Å². The van der Waals surface area contributed by atoms with Crippen molar-refractivity contribution < 1.29 is 19.4 Å². The molecule has 0 aliphatic heterocycles. The standard InChI is InChI=1S/C4H8NO4P/c1-2-3-5(4(6)7)10(8)9/h2-3H2,1H3,(H-,6,7,8,9)/p+1. The molecule has 0 spiro atoms. The van der Waals surface area contributed by atoms with Crippen LogP contribution < -0.4 is 0 Å². The molecule has 5 nitrogen and oxygen atoms in total. The molecular weight excluding hydrogens is 157 g/mol. The van der Waals surface area contributed by atoms with Crippen molar-refractivity contribution in [2.24, 2.45) is 0 Å². The minimum absolute atomic E-state index is 0.0983. The number of rotatable bonds is 3. The van der Waals surface area contributed by atoms with Gasteiger partial charge in [-0.3, -0.25) is 0 Å². The van der Waals surface area contributed by atoms with Gasteiger partial charge in [0, 0.05) is 0 Å². The first-order valence-corrected chi connectivity index (χ1v) is 3.92. The Hall–Kier alpha value is -0.670. The molecule has 0 aliphatic rings. The van der Waals surface area contributed by atoms with Crippen molar-refractivity contribution >= 4 is 14.3 Å². The first-order chi connectivity index (χ1) is 4.59. The summed E-state index contributed by atoms with van der Waals surface area (Å²) < 4.78 is 10.7.